The van der Waals surface area contributed by atoms with E-state index in [4.69, 9.17) is 4.74 Å². The Kier molecular flexibility index (Phi) is 5.87. The van der Waals surface area contributed by atoms with Gasteiger partial charge in [0.25, 0.3) is 0 Å². The summed E-state index contributed by atoms with van der Waals surface area (Å²) in [5.74, 6) is -0.450. The molecular formula is C14H22N4O3S. The van der Waals surface area contributed by atoms with Gasteiger partial charge in [0.1, 0.15) is 0 Å². The molecule has 0 aliphatic carbocycles. The van der Waals surface area contributed by atoms with E-state index in [2.05, 4.69) is 10.3 Å². The Bertz CT molecular complexity index is 532. The summed E-state index contributed by atoms with van der Waals surface area (Å²) in [7, 11) is 5.53. The van der Waals surface area contributed by atoms with Gasteiger partial charge in [0.05, 0.1) is 18.2 Å². The summed E-state index contributed by atoms with van der Waals surface area (Å²) in [6.45, 7) is 2.20. The number of anilines is 1. The number of ether oxygens (including phenoxy) is 1. The molecule has 0 radical (unpaired) electrons. The summed E-state index contributed by atoms with van der Waals surface area (Å²) in [6.07, 6.45) is 0.255. The van der Waals surface area contributed by atoms with Crippen LogP contribution in [0, 0.1) is 5.92 Å². The SMILES string of the molecule is COCCN1CC(C(=O)Nc2nc(CN(C)C)cs2)CC1=O. The van der Waals surface area contributed by atoms with Gasteiger partial charge in [0, 0.05) is 38.5 Å². The number of aromatic nitrogens is 1. The summed E-state index contributed by atoms with van der Waals surface area (Å²) >= 11 is 1.41. The predicted octanol–water partition coefficient (Wildman–Crippen LogP) is 0.638. The Morgan fingerprint density at radius 1 is 1.59 bits per heavy atom. The fraction of sp³-hybridized carbons (Fsp3) is 0.643. The number of nitrogens with zero attached hydrogens (tertiary/aromatic N) is 3. The highest BCUT2D eigenvalue weighted by Gasteiger charge is 2.34. The lowest BCUT2D eigenvalue weighted by molar-refractivity contribution is -0.128. The molecule has 1 unspecified atom stereocenters. The average Bonchev–Trinajstić information content (AvgIpc) is 3.03. The van der Waals surface area contributed by atoms with Gasteiger partial charge in [-0.2, -0.15) is 0 Å². The molecule has 0 saturated carbocycles. The van der Waals surface area contributed by atoms with E-state index in [-0.39, 0.29) is 24.2 Å². The number of hydrogen-bond acceptors (Lipinski definition) is 6. The molecule has 0 spiro atoms. The van der Waals surface area contributed by atoms with E-state index in [1.807, 2.05) is 24.4 Å². The first-order chi connectivity index (χ1) is 10.5. The van der Waals surface area contributed by atoms with E-state index in [1.165, 1.54) is 11.3 Å². The first-order valence-electron chi connectivity index (χ1n) is 7.16. The first-order valence-corrected chi connectivity index (χ1v) is 8.04. The van der Waals surface area contributed by atoms with Crippen molar-refractivity contribution in [3.63, 3.8) is 0 Å². The van der Waals surface area contributed by atoms with Gasteiger partial charge in [-0.25, -0.2) is 4.98 Å². The van der Waals surface area contributed by atoms with Gasteiger partial charge in [0.15, 0.2) is 5.13 Å². The van der Waals surface area contributed by atoms with Crippen LogP contribution in [0.5, 0.6) is 0 Å². The zero-order valence-corrected chi connectivity index (χ0v) is 14.0. The minimum absolute atomic E-state index is 0.00429. The molecule has 2 heterocycles. The zero-order valence-electron chi connectivity index (χ0n) is 13.2. The van der Waals surface area contributed by atoms with Gasteiger partial charge >= 0.3 is 0 Å². The summed E-state index contributed by atoms with van der Waals surface area (Å²) < 4.78 is 4.97. The quantitative estimate of drug-likeness (QED) is 0.796. The molecule has 1 saturated heterocycles. The van der Waals surface area contributed by atoms with Crippen molar-refractivity contribution >= 4 is 28.3 Å². The van der Waals surface area contributed by atoms with Crippen LogP contribution in [0.3, 0.4) is 0 Å². The molecule has 2 rings (SSSR count). The zero-order chi connectivity index (χ0) is 16.1. The largest absolute Gasteiger partial charge is 0.383 e. The van der Waals surface area contributed by atoms with Gasteiger partial charge in [-0.1, -0.05) is 0 Å². The van der Waals surface area contributed by atoms with E-state index >= 15 is 0 Å². The van der Waals surface area contributed by atoms with Crippen LogP contribution in [0.4, 0.5) is 5.13 Å². The Morgan fingerprint density at radius 2 is 2.36 bits per heavy atom. The fourth-order valence-corrected chi connectivity index (χ4v) is 3.04. The van der Waals surface area contributed by atoms with Crippen LogP contribution in [0.25, 0.3) is 0 Å². The first kappa shape index (κ1) is 16.9. The van der Waals surface area contributed by atoms with Crippen molar-refractivity contribution < 1.29 is 14.3 Å². The monoisotopic (exact) mass is 326 g/mol. The number of carbonyl (C=O) groups is 2. The standard InChI is InChI=1S/C14H22N4O3S/c1-17(2)8-11-9-22-14(15-11)16-13(20)10-6-12(19)18(7-10)4-5-21-3/h9-10H,4-8H2,1-3H3,(H,15,16,20). The smallest absolute Gasteiger partial charge is 0.231 e. The lowest BCUT2D eigenvalue weighted by Gasteiger charge is -2.15. The molecule has 22 heavy (non-hydrogen) atoms. The van der Waals surface area contributed by atoms with E-state index in [0.717, 1.165) is 12.2 Å². The van der Waals surface area contributed by atoms with E-state index in [1.54, 1.807) is 12.0 Å². The number of rotatable bonds is 7. The third-order valence-electron chi connectivity index (χ3n) is 3.41. The van der Waals surface area contributed by atoms with Crippen molar-refractivity contribution in [1.82, 2.24) is 14.8 Å². The van der Waals surface area contributed by atoms with Crippen molar-refractivity contribution in [1.29, 1.82) is 0 Å². The molecule has 1 aromatic heterocycles. The van der Waals surface area contributed by atoms with Gasteiger partial charge < -0.3 is 19.9 Å². The summed E-state index contributed by atoms with van der Waals surface area (Å²) in [5, 5.41) is 5.33. The number of hydrogen-bond donors (Lipinski definition) is 1. The minimum atomic E-state index is -0.314. The van der Waals surface area contributed by atoms with Crippen molar-refractivity contribution in [3.8, 4) is 0 Å². The molecule has 0 aromatic carbocycles. The molecule has 1 atom stereocenters. The Hall–Kier alpha value is -1.51. The van der Waals surface area contributed by atoms with Gasteiger partial charge in [-0.05, 0) is 14.1 Å². The maximum atomic E-state index is 12.2. The average molecular weight is 326 g/mol. The lowest BCUT2D eigenvalue weighted by Crippen LogP contribution is -2.30. The molecule has 1 aliphatic rings. The molecule has 1 fully saturated rings. The van der Waals surface area contributed by atoms with Crippen molar-refractivity contribution in [2.24, 2.45) is 5.92 Å². The van der Waals surface area contributed by atoms with Gasteiger partial charge in [0.2, 0.25) is 11.8 Å². The van der Waals surface area contributed by atoms with E-state index in [0.29, 0.717) is 24.8 Å². The number of nitrogens with one attached hydrogen (secondary N) is 1. The molecule has 1 N–H and O–H groups in total. The Balaban J connectivity index is 1.87. The van der Waals surface area contributed by atoms with Crippen LogP contribution in [0.1, 0.15) is 12.1 Å². The topological polar surface area (TPSA) is 74.8 Å². The number of methoxy groups -OCH3 is 1. The summed E-state index contributed by atoms with van der Waals surface area (Å²) in [6, 6.07) is 0. The number of carbonyl (C=O) groups excluding carboxylic acids is 2. The van der Waals surface area contributed by atoms with Crippen LogP contribution in [-0.4, -0.2) is 67.5 Å². The summed E-state index contributed by atoms with van der Waals surface area (Å²) in [5.41, 5.74) is 0.925. The Labute approximate surface area is 134 Å². The molecule has 122 valence electrons. The highest BCUT2D eigenvalue weighted by molar-refractivity contribution is 7.13. The predicted molar refractivity (Wildman–Crippen MR) is 84.7 cm³/mol. The normalized spacial score (nSPS) is 18.3. The van der Waals surface area contributed by atoms with Crippen molar-refractivity contribution in [2.45, 2.75) is 13.0 Å². The third kappa shape index (κ3) is 4.49. The van der Waals surface area contributed by atoms with E-state index in [9.17, 15) is 9.59 Å². The minimum Gasteiger partial charge on any atom is -0.383 e. The molecule has 1 aromatic rings. The highest BCUT2D eigenvalue weighted by atomic mass is 32.1. The molecule has 0 bridgehead atoms. The molecule has 2 amide bonds. The summed E-state index contributed by atoms with van der Waals surface area (Å²) in [4.78, 5) is 32.2. The number of amides is 2. The molecule has 1 aliphatic heterocycles. The number of likely N-dealkylation sites (tertiary alicyclic amines) is 1. The highest BCUT2D eigenvalue weighted by Crippen LogP contribution is 2.21. The number of thiazole rings is 1. The molecule has 7 nitrogen and oxygen atoms in total. The third-order valence-corrected chi connectivity index (χ3v) is 4.22. The van der Waals surface area contributed by atoms with Crippen LogP contribution in [0.15, 0.2) is 5.38 Å². The van der Waals surface area contributed by atoms with Gasteiger partial charge in [-0.3, -0.25) is 9.59 Å². The maximum Gasteiger partial charge on any atom is 0.231 e. The second-order valence-corrected chi connectivity index (χ2v) is 6.46. The maximum absolute atomic E-state index is 12.2. The fourth-order valence-electron chi connectivity index (χ4n) is 2.33. The second-order valence-electron chi connectivity index (χ2n) is 5.60. The lowest BCUT2D eigenvalue weighted by atomic mass is 10.1. The van der Waals surface area contributed by atoms with Crippen LogP contribution < -0.4 is 5.32 Å². The van der Waals surface area contributed by atoms with E-state index < -0.39 is 0 Å². The Morgan fingerprint density at radius 3 is 3.05 bits per heavy atom. The van der Waals surface area contributed by atoms with Crippen LogP contribution in [-0.2, 0) is 20.9 Å². The van der Waals surface area contributed by atoms with Crippen LogP contribution in [0.2, 0.25) is 0 Å². The molecular weight excluding hydrogens is 304 g/mol. The van der Waals surface area contributed by atoms with Crippen LogP contribution >= 0.6 is 11.3 Å². The molecule has 8 heteroatoms. The second kappa shape index (κ2) is 7.66. The van der Waals surface area contributed by atoms with Gasteiger partial charge in [-0.15, -0.1) is 11.3 Å². The van der Waals surface area contributed by atoms with Crippen molar-refractivity contribution in [3.05, 3.63) is 11.1 Å². The van der Waals surface area contributed by atoms with Crippen molar-refractivity contribution in [2.75, 3.05) is 46.2 Å².